The molecule has 4 rings (SSSR count). The fraction of sp³-hybridized carbons (Fsp3) is 0.588. The number of nitrogens with zero attached hydrogens (tertiary/aromatic N) is 5. The lowest BCUT2D eigenvalue weighted by atomic mass is 9.90. The van der Waals surface area contributed by atoms with E-state index >= 15 is 0 Å². The summed E-state index contributed by atoms with van der Waals surface area (Å²) >= 11 is 0. The van der Waals surface area contributed by atoms with Gasteiger partial charge in [0.2, 0.25) is 5.95 Å². The summed E-state index contributed by atoms with van der Waals surface area (Å²) in [4.78, 5) is 13.0. The van der Waals surface area contributed by atoms with Gasteiger partial charge in [-0.1, -0.05) is 5.16 Å². The highest BCUT2D eigenvalue weighted by Crippen LogP contribution is 2.25. The van der Waals surface area contributed by atoms with Crippen LogP contribution in [0.4, 0.5) is 11.8 Å². The van der Waals surface area contributed by atoms with Crippen LogP contribution in [0.3, 0.4) is 0 Å². The number of rotatable bonds is 4. The van der Waals surface area contributed by atoms with Crippen LogP contribution in [-0.2, 0) is 13.0 Å². The number of hydrogen-bond acceptors (Lipinski definition) is 8. The third-order valence-electron chi connectivity index (χ3n) is 5.26. The number of aromatic nitrogens is 3. The predicted molar refractivity (Wildman–Crippen MR) is 92.9 cm³/mol. The Hall–Kier alpha value is -2.19. The highest BCUT2D eigenvalue weighted by molar-refractivity contribution is 5.37. The Labute approximate surface area is 146 Å². The van der Waals surface area contributed by atoms with E-state index in [-0.39, 0.29) is 6.10 Å². The Morgan fingerprint density at radius 2 is 2.16 bits per heavy atom. The maximum absolute atomic E-state index is 10.7. The molecule has 2 aromatic heterocycles. The number of aliphatic hydroxyl groups excluding tert-OH is 1. The summed E-state index contributed by atoms with van der Waals surface area (Å²) in [6, 6.07) is 1.69. The van der Waals surface area contributed by atoms with E-state index in [1.807, 2.05) is 0 Å². The van der Waals surface area contributed by atoms with Crippen LogP contribution in [0.1, 0.15) is 24.1 Å². The zero-order valence-electron chi connectivity index (χ0n) is 14.2. The molecule has 0 amide bonds. The van der Waals surface area contributed by atoms with Crippen molar-refractivity contribution in [3.05, 3.63) is 29.8 Å². The molecule has 2 aliphatic heterocycles. The molecule has 0 radical (unpaired) electrons. The fourth-order valence-corrected chi connectivity index (χ4v) is 3.77. The summed E-state index contributed by atoms with van der Waals surface area (Å²) in [5.74, 6) is 1.48. The van der Waals surface area contributed by atoms with Crippen LogP contribution in [0.2, 0.25) is 0 Å². The van der Waals surface area contributed by atoms with E-state index < -0.39 is 0 Å². The third-order valence-corrected chi connectivity index (χ3v) is 5.26. The van der Waals surface area contributed by atoms with Gasteiger partial charge in [-0.3, -0.25) is 4.90 Å². The van der Waals surface area contributed by atoms with Crippen LogP contribution < -0.4 is 10.6 Å². The molecule has 1 saturated heterocycles. The quantitative estimate of drug-likeness (QED) is 0.834. The van der Waals surface area contributed by atoms with Crippen LogP contribution in [0.25, 0.3) is 0 Å². The van der Waals surface area contributed by atoms with Crippen molar-refractivity contribution in [2.75, 3.05) is 36.8 Å². The van der Waals surface area contributed by atoms with Gasteiger partial charge in [0.15, 0.2) is 0 Å². The molecule has 1 atom stereocenters. The van der Waals surface area contributed by atoms with Crippen molar-refractivity contribution < 1.29 is 9.63 Å². The zero-order chi connectivity index (χ0) is 17.2. The molecule has 0 spiro atoms. The van der Waals surface area contributed by atoms with Gasteiger partial charge in [0.05, 0.1) is 11.8 Å². The van der Waals surface area contributed by atoms with Crippen molar-refractivity contribution in [1.29, 1.82) is 0 Å². The smallest absolute Gasteiger partial charge is 0.227 e. The summed E-state index contributed by atoms with van der Waals surface area (Å²) in [6.45, 7) is 4.13. The number of β-amino-alcohol motifs (C(OH)–C–C–N with tert-alkyl or cyclic N) is 1. The summed E-state index contributed by atoms with van der Waals surface area (Å²) in [5.41, 5.74) is 7.94. The second-order valence-electron chi connectivity index (χ2n) is 6.94. The van der Waals surface area contributed by atoms with E-state index in [4.69, 9.17) is 10.3 Å². The van der Waals surface area contributed by atoms with Gasteiger partial charge in [-0.2, -0.15) is 4.98 Å². The van der Waals surface area contributed by atoms with E-state index in [1.165, 1.54) is 0 Å². The largest absolute Gasteiger partial charge is 0.392 e. The number of aliphatic hydroxyl groups is 1. The molecule has 0 bridgehead atoms. The van der Waals surface area contributed by atoms with Crippen molar-refractivity contribution in [2.24, 2.45) is 5.92 Å². The van der Waals surface area contributed by atoms with Crippen molar-refractivity contribution in [2.45, 2.75) is 31.9 Å². The Balaban J connectivity index is 1.29. The van der Waals surface area contributed by atoms with Gasteiger partial charge in [0, 0.05) is 50.9 Å². The highest BCUT2D eigenvalue weighted by atomic mass is 16.5. The topological polar surface area (TPSA) is 105 Å². The van der Waals surface area contributed by atoms with Gasteiger partial charge >= 0.3 is 0 Å². The number of nitrogens with two attached hydrogens (primary N) is 1. The molecule has 8 nitrogen and oxygen atoms in total. The minimum atomic E-state index is -0.315. The first-order chi connectivity index (χ1) is 12.2. The molecule has 0 aromatic carbocycles. The first kappa shape index (κ1) is 16.3. The Morgan fingerprint density at radius 1 is 1.32 bits per heavy atom. The van der Waals surface area contributed by atoms with E-state index in [2.05, 4.69) is 24.9 Å². The summed E-state index contributed by atoms with van der Waals surface area (Å²) in [5, 5.41) is 14.7. The highest BCUT2D eigenvalue weighted by Gasteiger charge is 2.29. The average molecular weight is 344 g/mol. The molecule has 4 heterocycles. The third kappa shape index (κ3) is 3.59. The maximum atomic E-state index is 10.7. The lowest BCUT2D eigenvalue weighted by Crippen LogP contribution is -2.44. The summed E-state index contributed by atoms with van der Waals surface area (Å²) < 4.78 is 5.03. The Morgan fingerprint density at radius 3 is 2.96 bits per heavy atom. The number of hydrogen-bond donors (Lipinski definition) is 2. The van der Waals surface area contributed by atoms with Crippen molar-refractivity contribution >= 4 is 11.8 Å². The SMILES string of the molecule is Nc1ccnc(N2CCC(C(O)CN3CCc4nocc4C3)CC2)n1. The van der Waals surface area contributed by atoms with Gasteiger partial charge in [-0.15, -0.1) is 0 Å². The Kier molecular flexibility index (Phi) is 4.54. The fourth-order valence-electron chi connectivity index (χ4n) is 3.77. The molecule has 0 saturated carbocycles. The monoisotopic (exact) mass is 344 g/mol. The normalized spacial score (nSPS) is 20.4. The van der Waals surface area contributed by atoms with Crippen LogP contribution in [-0.4, -0.2) is 57.4 Å². The van der Waals surface area contributed by atoms with E-state index in [0.717, 1.165) is 56.7 Å². The minimum Gasteiger partial charge on any atom is -0.392 e. The molecule has 3 N–H and O–H groups in total. The maximum Gasteiger partial charge on any atom is 0.227 e. The first-order valence-electron chi connectivity index (χ1n) is 8.85. The van der Waals surface area contributed by atoms with Crippen molar-refractivity contribution in [3.63, 3.8) is 0 Å². The molecule has 1 unspecified atom stereocenters. The molecule has 8 heteroatoms. The number of fused-ring (bicyclic) bond motifs is 1. The summed E-state index contributed by atoms with van der Waals surface area (Å²) in [6.07, 6.45) is 5.86. The molecule has 0 aliphatic carbocycles. The van der Waals surface area contributed by atoms with E-state index in [9.17, 15) is 5.11 Å². The van der Waals surface area contributed by atoms with Crippen LogP contribution in [0.15, 0.2) is 23.0 Å². The lowest BCUT2D eigenvalue weighted by molar-refractivity contribution is 0.0486. The Bertz CT molecular complexity index is 713. The van der Waals surface area contributed by atoms with Gasteiger partial charge in [0.1, 0.15) is 12.1 Å². The predicted octanol–water partition coefficient (Wildman–Crippen LogP) is 0.682. The molecule has 134 valence electrons. The van der Waals surface area contributed by atoms with Crippen LogP contribution in [0.5, 0.6) is 0 Å². The first-order valence-corrected chi connectivity index (χ1v) is 8.85. The van der Waals surface area contributed by atoms with E-state index in [1.54, 1.807) is 18.5 Å². The van der Waals surface area contributed by atoms with Gasteiger partial charge in [0.25, 0.3) is 0 Å². The lowest BCUT2D eigenvalue weighted by Gasteiger charge is -2.36. The number of anilines is 2. The summed E-state index contributed by atoms with van der Waals surface area (Å²) in [7, 11) is 0. The molecular weight excluding hydrogens is 320 g/mol. The van der Waals surface area contributed by atoms with Crippen LogP contribution in [0, 0.1) is 5.92 Å². The second-order valence-corrected chi connectivity index (χ2v) is 6.94. The number of piperidine rings is 1. The molecule has 2 aliphatic rings. The van der Waals surface area contributed by atoms with Gasteiger partial charge < -0.3 is 20.3 Å². The molecule has 2 aromatic rings. The standard InChI is InChI=1S/C17H24N6O2/c18-16-1-5-19-17(20-16)23-7-2-12(3-8-23)15(24)10-22-6-4-14-13(9-22)11-25-21-14/h1,5,11-12,15,24H,2-4,6-10H2,(H2,18,19,20). The zero-order valence-corrected chi connectivity index (χ0v) is 14.2. The molecule has 25 heavy (non-hydrogen) atoms. The van der Waals surface area contributed by atoms with Crippen molar-refractivity contribution in [1.82, 2.24) is 20.0 Å². The minimum absolute atomic E-state index is 0.307. The van der Waals surface area contributed by atoms with Crippen molar-refractivity contribution in [3.8, 4) is 0 Å². The van der Waals surface area contributed by atoms with Crippen LogP contribution >= 0.6 is 0 Å². The molecular formula is C17H24N6O2. The second kappa shape index (κ2) is 6.97. The molecule has 1 fully saturated rings. The number of nitrogen functional groups attached to an aromatic ring is 1. The van der Waals surface area contributed by atoms with E-state index in [0.29, 0.717) is 24.2 Å². The van der Waals surface area contributed by atoms with Gasteiger partial charge in [-0.25, -0.2) is 4.98 Å². The van der Waals surface area contributed by atoms with Gasteiger partial charge in [-0.05, 0) is 24.8 Å². The average Bonchev–Trinajstić information content (AvgIpc) is 3.09.